The van der Waals surface area contributed by atoms with Crippen LogP contribution in [0.15, 0.2) is 0 Å². The Morgan fingerprint density at radius 2 is 2.14 bits per heavy atom. The Morgan fingerprint density at radius 1 is 1.50 bits per heavy atom. The molecule has 14 heavy (non-hydrogen) atoms. The van der Waals surface area contributed by atoms with E-state index in [0.717, 1.165) is 18.9 Å². The second-order valence-corrected chi connectivity index (χ2v) is 4.79. The minimum atomic E-state index is -0.154. The summed E-state index contributed by atoms with van der Waals surface area (Å²) in [6.07, 6.45) is 5.25. The van der Waals surface area contributed by atoms with Crippen LogP contribution in [0.5, 0.6) is 0 Å². The van der Waals surface area contributed by atoms with Gasteiger partial charge < -0.3 is 4.74 Å². The first-order valence-corrected chi connectivity index (χ1v) is 5.70. The summed E-state index contributed by atoms with van der Waals surface area (Å²) in [5.74, 6) is 6.44. The maximum atomic E-state index is 5.71. The van der Waals surface area contributed by atoms with Gasteiger partial charge in [-0.15, -0.1) is 0 Å². The van der Waals surface area contributed by atoms with E-state index in [9.17, 15) is 0 Å². The highest BCUT2D eigenvalue weighted by Gasteiger charge is 2.32. The quantitative estimate of drug-likeness (QED) is 0.508. The van der Waals surface area contributed by atoms with Gasteiger partial charge in [0.05, 0.1) is 5.60 Å². The van der Waals surface area contributed by atoms with E-state index in [2.05, 4.69) is 19.3 Å². The molecule has 84 valence electrons. The standard InChI is InChI=1S/C11H24N2O/c1-4-14-11(2,3)10(13-12)8-9-6-5-7-9/h9-10,13H,4-8,12H2,1-3H3. The molecule has 1 rings (SSSR count). The van der Waals surface area contributed by atoms with Gasteiger partial charge in [0.2, 0.25) is 0 Å². The minimum absolute atomic E-state index is 0.154. The van der Waals surface area contributed by atoms with Gasteiger partial charge in [0.15, 0.2) is 0 Å². The van der Waals surface area contributed by atoms with Crippen molar-refractivity contribution in [2.45, 2.75) is 58.1 Å². The summed E-state index contributed by atoms with van der Waals surface area (Å²) in [5, 5.41) is 0. The van der Waals surface area contributed by atoms with Crippen LogP contribution in [0.25, 0.3) is 0 Å². The molecule has 0 aromatic heterocycles. The highest BCUT2D eigenvalue weighted by molar-refractivity contribution is 4.87. The predicted molar refractivity (Wildman–Crippen MR) is 58.8 cm³/mol. The van der Waals surface area contributed by atoms with E-state index < -0.39 is 0 Å². The number of rotatable bonds is 6. The first kappa shape index (κ1) is 12.0. The summed E-state index contributed by atoms with van der Waals surface area (Å²) in [5.41, 5.74) is 2.75. The summed E-state index contributed by atoms with van der Waals surface area (Å²) in [7, 11) is 0. The number of hydrazine groups is 1. The average molecular weight is 200 g/mol. The molecule has 0 spiro atoms. The van der Waals surface area contributed by atoms with E-state index in [1.54, 1.807) is 0 Å². The van der Waals surface area contributed by atoms with Crippen molar-refractivity contribution in [3.05, 3.63) is 0 Å². The van der Waals surface area contributed by atoms with Gasteiger partial charge in [-0.25, -0.2) is 0 Å². The highest BCUT2D eigenvalue weighted by Crippen LogP contribution is 2.33. The fraction of sp³-hybridized carbons (Fsp3) is 1.00. The van der Waals surface area contributed by atoms with Crippen LogP contribution in [0.1, 0.15) is 46.5 Å². The smallest absolute Gasteiger partial charge is 0.0792 e. The molecule has 0 aliphatic heterocycles. The zero-order valence-electron chi connectivity index (χ0n) is 9.68. The predicted octanol–water partition coefficient (Wildman–Crippen LogP) is 1.82. The van der Waals surface area contributed by atoms with Gasteiger partial charge in [-0.2, -0.15) is 0 Å². The molecule has 0 heterocycles. The molecule has 3 nitrogen and oxygen atoms in total. The van der Waals surface area contributed by atoms with Crippen molar-refractivity contribution in [2.75, 3.05) is 6.61 Å². The van der Waals surface area contributed by atoms with Crippen LogP contribution in [0, 0.1) is 5.92 Å². The van der Waals surface area contributed by atoms with Gasteiger partial charge in [-0.3, -0.25) is 11.3 Å². The first-order chi connectivity index (χ1) is 6.60. The van der Waals surface area contributed by atoms with Crippen molar-refractivity contribution < 1.29 is 4.74 Å². The number of nitrogens with one attached hydrogen (secondary N) is 1. The molecule has 0 amide bonds. The molecule has 0 bridgehead atoms. The fourth-order valence-corrected chi connectivity index (χ4v) is 2.09. The average Bonchev–Trinajstić information content (AvgIpc) is 2.01. The molecule has 3 N–H and O–H groups in total. The highest BCUT2D eigenvalue weighted by atomic mass is 16.5. The van der Waals surface area contributed by atoms with E-state index in [0.29, 0.717) is 0 Å². The molecule has 0 aromatic rings. The molecule has 0 saturated heterocycles. The van der Waals surface area contributed by atoms with E-state index in [1.807, 2.05) is 6.92 Å². The number of ether oxygens (including phenoxy) is 1. The summed E-state index contributed by atoms with van der Waals surface area (Å²) in [6, 6.07) is 0.271. The zero-order chi connectivity index (χ0) is 10.6. The Hall–Kier alpha value is -0.120. The SMILES string of the molecule is CCOC(C)(C)C(CC1CCC1)NN. The third-order valence-corrected chi connectivity index (χ3v) is 3.35. The fourth-order valence-electron chi connectivity index (χ4n) is 2.09. The lowest BCUT2D eigenvalue weighted by molar-refractivity contribution is -0.0463. The van der Waals surface area contributed by atoms with Crippen LogP contribution in [-0.4, -0.2) is 18.2 Å². The van der Waals surface area contributed by atoms with Crippen molar-refractivity contribution in [1.82, 2.24) is 5.43 Å². The summed E-state index contributed by atoms with van der Waals surface area (Å²) >= 11 is 0. The zero-order valence-corrected chi connectivity index (χ0v) is 9.68. The topological polar surface area (TPSA) is 47.3 Å². The van der Waals surface area contributed by atoms with Crippen LogP contribution in [0.2, 0.25) is 0 Å². The van der Waals surface area contributed by atoms with Crippen LogP contribution < -0.4 is 11.3 Å². The molecule has 1 atom stereocenters. The number of hydrogen-bond donors (Lipinski definition) is 2. The molecule has 0 radical (unpaired) electrons. The van der Waals surface area contributed by atoms with Crippen molar-refractivity contribution >= 4 is 0 Å². The normalized spacial score (nSPS) is 20.6. The van der Waals surface area contributed by atoms with E-state index in [4.69, 9.17) is 10.6 Å². The monoisotopic (exact) mass is 200 g/mol. The van der Waals surface area contributed by atoms with Crippen molar-refractivity contribution in [1.29, 1.82) is 0 Å². The first-order valence-electron chi connectivity index (χ1n) is 5.70. The lowest BCUT2D eigenvalue weighted by Gasteiger charge is -2.38. The summed E-state index contributed by atoms with van der Waals surface area (Å²) in [6.45, 7) is 6.99. The minimum Gasteiger partial charge on any atom is -0.374 e. The van der Waals surface area contributed by atoms with Crippen LogP contribution >= 0.6 is 0 Å². The number of hydrogen-bond acceptors (Lipinski definition) is 3. The molecule has 1 fully saturated rings. The summed E-state index contributed by atoms with van der Waals surface area (Å²) in [4.78, 5) is 0. The Balaban J connectivity index is 2.41. The van der Waals surface area contributed by atoms with Gasteiger partial charge in [0.1, 0.15) is 0 Å². The summed E-state index contributed by atoms with van der Waals surface area (Å²) < 4.78 is 5.71. The molecule has 1 aliphatic carbocycles. The molecule has 1 aliphatic rings. The molecule has 3 heteroatoms. The lowest BCUT2D eigenvalue weighted by Crippen LogP contribution is -2.52. The third kappa shape index (κ3) is 2.94. The van der Waals surface area contributed by atoms with E-state index in [-0.39, 0.29) is 11.6 Å². The Morgan fingerprint density at radius 3 is 2.50 bits per heavy atom. The van der Waals surface area contributed by atoms with E-state index in [1.165, 1.54) is 19.3 Å². The van der Waals surface area contributed by atoms with Crippen LogP contribution in [0.4, 0.5) is 0 Å². The van der Waals surface area contributed by atoms with Crippen molar-refractivity contribution in [3.8, 4) is 0 Å². The Labute approximate surface area is 87.4 Å². The third-order valence-electron chi connectivity index (χ3n) is 3.35. The molecule has 1 saturated carbocycles. The second-order valence-electron chi connectivity index (χ2n) is 4.79. The Bertz CT molecular complexity index is 167. The largest absolute Gasteiger partial charge is 0.374 e. The maximum absolute atomic E-state index is 5.71. The van der Waals surface area contributed by atoms with E-state index >= 15 is 0 Å². The van der Waals surface area contributed by atoms with Crippen LogP contribution in [0.3, 0.4) is 0 Å². The molecule has 0 aromatic carbocycles. The maximum Gasteiger partial charge on any atom is 0.0792 e. The lowest BCUT2D eigenvalue weighted by atomic mass is 9.78. The molecular weight excluding hydrogens is 176 g/mol. The van der Waals surface area contributed by atoms with Crippen molar-refractivity contribution in [3.63, 3.8) is 0 Å². The van der Waals surface area contributed by atoms with Gasteiger partial charge >= 0.3 is 0 Å². The Kier molecular flexibility index (Phi) is 4.35. The van der Waals surface area contributed by atoms with Gasteiger partial charge in [-0.1, -0.05) is 19.3 Å². The van der Waals surface area contributed by atoms with Crippen LogP contribution in [-0.2, 0) is 4.74 Å². The molecular formula is C11H24N2O. The molecule has 1 unspecified atom stereocenters. The number of nitrogens with two attached hydrogens (primary N) is 1. The van der Waals surface area contributed by atoms with Gasteiger partial charge in [0, 0.05) is 12.6 Å². The van der Waals surface area contributed by atoms with Crippen molar-refractivity contribution in [2.24, 2.45) is 11.8 Å². The van der Waals surface area contributed by atoms with Gasteiger partial charge in [-0.05, 0) is 33.1 Å². The van der Waals surface area contributed by atoms with Gasteiger partial charge in [0.25, 0.3) is 0 Å². The second kappa shape index (κ2) is 5.10.